The molecule has 0 saturated heterocycles. The summed E-state index contributed by atoms with van der Waals surface area (Å²) < 4.78 is 0. The van der Waals surface area contributed by atoms with Gasteiger partial charge < -0.3 is 15.8 Å². The summed E-state index contributed by atoms with van der Waals surface area (Å²) in [6.45, 7) is 3.21. The van der Waals surface area contributed by atoms with Crippen LogP contribution in [0.15, 0.2) is 16.0 Å². The summed E-state index contributed by atoms with van der Waals surface area (Å²) in [5.74, 6) is -0.472. The van der Waals surface area contributed by atoms with Crippen LogP contribution in [0.25, 0.3) is 0 Å². The molecule has 0 spiro atoms. The number of carboxylic acids is 1. The second-order valence-corrected chi connectivity index (χ2v) is 4.92. The molecule has 0 fully saturated rings. The Kier molecular flexibility index (Phi) is 3.58. The van der Waals surface area contributed by atoms with Gasteiger partial charge in [-0.2, -0.15) is 0 Å². The van der Waals surface area contributed by atoms with Gasteiger partial charge in [-0.25, -0.2) is 4.98 Å². The summed E-state index contributed by atoms with van der Waals surface area (Å²) in [7, 11) is 0. The summed E-state index contributed by atoms with van der Waals surface area (Å²) in [5.41, 5.74) is 4.17. The van der Waals surface area contributed by atoms with Crippen LogP contribution in [0.2, 0.25) is 0 Å². The number of nitrogens with one attached hydrogen (secondary N) is 1. The first kappa shape index (κ1) is 12.6. The standard InChI is InChI=1S/C9H13N3O3S/c1-9(2,7(14)15)4-16-8-11-5(10)3-6(13)12-8/h3H,4H2,1-2H3,(H,14,15)(H3,10,11,12,13). The van der Waals surface area contributed by atoms with E-state index >= 15 is 0 Å². The maximum atomic E-state index is 11.1. The summed E-state index contributed by atoms with van der Waals surface area (Å²) in [6.07, 6.45) is 0. The van der Waals surface area contributed by atoms with Crippen molar-refractivity contribution in [2.24, 2.45) is 5.41 Å². The Morgan fingerprint density at radius 2 is 2.31 bits per heavy atom. The highest BCUT2D eigenvalue weighted by Crippen LogP contribution is 2.25. The molecule has 4 N–H and O–H groups in total. The van der Waals surface area contributed by atoms with Crippen LogP contribution in [0.4, 0.5) is 5.82 Å². The first-order valence-corrected chi connectivity index (χ1v) is 5.53. The van der Waals surface area contributed by atoms with E-state index in [1.807, 2.05) is 0 Å². The van der Waals surface area contributed by atoms with Crippen molar-refractivity contribution >= 4 is 23.5 Å². The minimum absolute atomic E-state index is 0.124. The van der Waals surface area contributed by atoms with Gasteiger partial charge in [-0.15, -0.1) is 0 Å². The van der Waals surface area contributed by atoms with Gasteiger partial charge in [0.25, 0.3) is 5.56 Å². The van der Waals surface area contributed by atoms with E-state index in [1.54, 1.807) is 13.8 Å². The molecule has 6 nitrogen and oxygen atoms in total. The van der Waals surface area contributed by atoms with Gasteiger partial charge in [-0.1, -0.05) is 11.8 Å². The third-order valence-electron chi connectivity index (χ3n) is 1.89. The zero-order chi connectivity index (χ0) is 12.3. The van der Waals surface area contributed by atoms with Crippen molar-refractivity contribution in [3.05, 3.63) is 16.4 Å². The number of aromatic nitrogens is 2. The number of anilines is 1. The van der Waals surface area contributed by atoms with Crippen LogP contribution in [-0.2, 0) is 4.79 Å². The summed E-state index contributed by atoms with van der Waals surface area (Å²) in [5, 5.41) is 9.23. The monoisotopic (exact) mass is 243 g/mol. The van der Waals surface area contributed by atoms with E-state index in [0.717, 1.165) is 11.8 Å². The van der Waals surface area contributed by atoms with Crippen LogP contribution in [0.1, 0.15) is 13.8 Å². The quantitative estimate of drug-likeness (QED) is 0.526. The molecule has 1 heterocycles. The van der Waals surface area contributed by atoms with Crippen molar-refractivity contribution in [1.29, 1.82) is 0 Å². The molecule has 0 unspecified atom stereocenters. The second-order valence-electron chi connectivity index (χ2n) is 3.95. The number of hydrogen-bond acceptors (Lipinski definition) is 5. The van der Waals surface area contributed by atoms with Crippen molar-refractivity contribution in [1.82, 2.24) is 9.97 Å². The molecule has 0 aliphatic heterocycles. The van der Waals surface area contributed by atoms with Crippen molar-refractivity contribution < 1.29 is 9.90 Å². The number of aliphatic carboxylic acids is 1. The van der Waals surface area contributed by atoms with Gasteiger partial charge in [0.2, 0.25) is 0 Å². The lowest BCUT2D eigenvalue weighted by Gasteiger charge is -2.17. The van der Waals surface area contributed by atoms with Gasteiger partial charge >= 0.3 is 5.97 Å². The number of carbonyl (C=O) groups is 1. The lowest BCUT2D eigenvalue weighted by atomic mass is 9.97. The Bertz CT molecular complexity index is 456. The molecule has 1 aromatic rings. The fourth-order valence-corrected chi connectivity index (χ4v) is 1.80. The number of hydrogen-bond donors (Lipinski definition) is 3. The lowest BCUT2D eigenvalue weighted by Crippen LogP contribution is -2.26. The average molecular weight is 243 g/mol. The highest BCUT2D eigenvalue weighted by molar-refractivity contribution is 7.99. The van der Waals surface area contributed by atoms with Crippen molar-refractivity contribution in [3.63, 3.8) is 0 Å². The molecule has 0 atom stereocenters. The molecule has 1 aromatic heterocycles. The van der Waals surface area contributed by atoms with Crippen molar-refractivity contribution in [2.45, 2.75) is 19.0 Å². The predicted octanol–water partition coefficient (Wildman–Crippen LogP) is 0.555. The summed E-state index contributed by atoms with van der Waals surface area (Å²) in [6, 6.07) is 1.17. The Morgan fingerprint density at radius 1 is 1.69 bits per heavy atom. The van der Waals surface area contributed by atoms with E-state index in [4.69, 9.17) is 10.8 Å². The number of nitrogens with two attached hydrogens (primary N) is 1. The van der Waals surface area contributed by atoms with Crippen LogP contribution >= 0.6 is 11.8 Å². The Hall–Kier alpha value is -1.50. The number of thioether (sulfide) groups is 1. The van der Waals surface area contributed by atoms with Gasteiger partial charge in [-0.3, -0.25) is 9.59 Å². The van der Waals surface area contributed by atoms with E-state index in [2.05, 4.69) is 9.97 Å². The highest BCUT2D eigenvalue weighted by Gasteiger charge is 2.27. The van der Waals surface area contributed by atoms with E-state index in [1.165, 1.54) is 6.07 Å². The molecule has 0 aromatic carbocycles. The molecule has 0 bridgehead atoms. The number of nitrogens with zero attached hydrogens (tertiary/aromatic N) is 1. The first-order valence-electron chi connectivity index (χ1n) is 4.54. The van der Waals surface area contributed by atoms with E-state index in [0.29, 0.717) is 10.9 Å². The van der Waals surface area contributed by atoms with Crippen LogP contribution in [0.3, 0.4) is 0 Å². The zero-order valence-electron chi connectivity index (χ0n) is 8.98. The van der Waals surface area contributed by atoms with Crippen molar-refractivity contribution in [2.75, 3.05) is 11.5 Å². The molecule has 7 heteroatoms. The van der Waals surface area contributed by atoms with Crippen LogP contribution in [-0.4, -0.2) is 26.8 Å². The predicted molar refractivity (Wildman–Crippen MR) is 61.4 cm³/mol. The van der Waals surface area contributed by atoms with E-state index in [9.17, 15) is 9.59 Å². The van der Waals surface area contributed by atoms with E-state index in [-0.39, 0.29) is 11.4 Å². The third-order valence-corrected chi connectivity index (χ3v) is 3.22. The molecule has 16 heavy (non-hydrogen) atoms. The number of rotatable bonds is 4. The number of nitrogen functional groups attached to an aromatic ring is 1. The minimum atomic E-state index is -0.897. The Morgan fingerprint density at radius 3 is 2.81 bits per heavy atom. The number of H-pyrrole nitrogens is 1. The minimum Gasteiger partial charge on any atom is -0.481 e. The molecular formula is C9H13N3O3S. The maximum absolute atomic E-state index is 11.1. The van der Waals surface area contributed by atoms with E-state index < -0.39 is 11.4 Å². The lowest BCUT2D eigenvalue weighted by molar-refractivity contribution is -0.145. The SMILES string of the molecule is CC(C)(CSc1nc(N)cc(=O)[nH]1)C(=O)O. The third kappa shape index (κ3) is 3.27. The molecular weight excluding hydrogens is 230 g/mol. The first-order chi connectivity index (χ1) is 7.31. The summed E-state index contributed by atoms with van der Waals surface area (Å²) in [4.78, 5) is 28.3. The van der Waals surface area contributed by atoms with Gasteiger partial charge in [0.05, 0.1) is 5.41 Å². The fourth-order valence-electron chi connectivity index (χ4n) is 0.832. The number of carboxylic acid groups (broad SMARTS) is 1. The molecule has 88 valence electrons. The van der Waals surface area contributed by atoms with Crippen LogP contribution < -0.4 is 11.3 Å². The molecule has 0 aliphatic rings. The topological polar surface area (TPSA) is 109 Å². The van der Waals surface area contributed by atoms with Crippen LogP contribution in [0, 0.1) is 5.41 Å². The molecule has 1 rings (SSSR count). The maximum Gasteiger partial charge on any atom is 0.309 e. The smallest absolute Gasteiger partial charge is 0.309 e. The number of aromatic amines is 1. The van der Waals surface area contributed by atoms with Crippen molar-refractivity contribution in [3.8, 4) is 0 Å². The van der Waals surface area contributed by atoms with Gasteiger partial charge in [0.1, 0.15) is 5.82 Å². The molecule has 0 aliphatic carbocycles. The van der Waals surface area contributed by atoms with Crippen LogP contribution in [0.5, 0.6) is 0 Å². The molecule has 0 saturated carbocycles. The largest absolute Gasteiger partial charge is 0.481 e. The Labute approximate surface area is 96.3 Å². The normalized spacial score (nSPS) is 11.4. The van der Waals surface area contributed by atoms with Gasteiger partial charge in [0, 0.05) is 11.8 Å². The zero-order valence-corrected chi connectivity index (χ0v) is 9.80. The highest BCUT2D eigenvalue weighted by atomic mass is 32.2. The molecule has 0 radical (unpaired) electrons. The van der Waals surface area contributed by atoms with Gasteiger partial charge in [0.15, 0.2) is 5.16 Å². The van der Waals surface area contributed by atoms with Gasteiger partial charge in [-0.05, 0) is 13.8 Å². The Balaban J connectivity index is 2.75. The fraction of sp³-hybridized carbons (Fsp3) is 0.444. The second kappa shape index (κ2) is 4.56. The average Bonchev–Trinajstić information content (AvgIpc) is 2.13. The molecule has 0 amide bonds. The summed E-state index contributed by atoms with van der Waals surface area (Å²) >= 11 is 1.16.